The Hall–Kier alpha value is -1.55. The van der Waals surface area contributed by atoms with E-state index < -0.39 is 0 Å². The highest BCUT2D eigenvalue weighted by Crippen LogP contribution is 2.25. The third-order valence-electron chi connectivity index (χ3n) is 4.51. The number of likely N-dealkylation sites (tertiary alicyclic amines) is 1. The summed E-state index contributed by atoms with van der Waals surface area (Å²) in [5.41, 5.74) is 6.89. The molecule has 2 unspecified atom stereocenters. The molecule has 4 heteroatoms. The van der Waals surface area contributed by atoms with Crippen LogP contribution in [0.25, 0.3) is 0 Å². The van der Waals surface area contributed by atoms with Gasteiger partial charge in [-0.3, -0.25) is 4.79 Å². The van der Waals surface area contributed by atoms with Gasteiger partial charge in [0, 0.05) is 19.1 Å². The molecule has 0 bridgehead atoms. The van der Waals surface area contributed by atoms with E-state index in [4.69, 9.17) is 10.5 Å². The van der Waals surface area contributed by atoms with Crippen molar-refractivity contribution in [2.75, 3.05) is 20.2 Å². The standard InChI is InChI=1S/C17H26N2O2/c1-3-13-8-9-19(15(10-13)12-18)17(20)11-14-4-6-16(21-2)7-5-14/h4-7,13,15H,3,8-12,18H2,1-2H3. The van der Waals surface area contributed by atoms with Crippen LogP contribution in [0.15, 0.2) is 24.3 Å². The van der Waals surface area contributed by atoms with Crippen LogP contribution in [0.1, 0.15) is 31.7 Å². The van der Waals surface area contributed by atoms with Crippen LogP contribution in [0, 0.1) is 5.92 Å². The normalized spacial score (nSPS) is 22.1. The fourth-order valence-corrected chi connectivity index (χ4v) is 3.08. The van der Waals surface area contributed by atoms with Crippen molar-refractivity contribution in [2.24, 2.45) is 11.7 Å². The molecular formula is C17H26N2O2. The van der Waals surface area contributed by atoms with Crippen LogP contribution in [0.2, 0.25) is 0 Å². The summed E-state index contributed by atoms with van der Waals surface area (Å²) in [6.07, 6.45) is 3.76. The van der Waals surface area contributed by atoms with E-state index in [-0.39, 0.29) is 11.9 Å². The lowest BCUT2D eigenvalue weighted by Crippen LogP contribution is -2.50. The maximum absolute atomic E-state index is 12.5. The SMILES string of the molecule is CCC1CCN(C(=O)Cc2ccc(OC)cc2)C(CN)C1. The third-order valence-corrected chi connectivity index (χ3v) is 4.51. The van der Waals surface area contributed by atoms with E-state index in [9.17, 15) is 4.79 Å². The number of methoxy groups -OCH3 is 1. The maximum atomic E-state index is 12.5. The lowest BCUT2D eigenvalue weighted by Gasteiger charge is -2.39. The van der Waals surface area contributed by atoms with Crippen molar-refractivity contribution in [3.8, 4) is 5.75 Å². The van der Waals surface area contributed by atoms with Crippen molar-refractivity contribution >= 4 is 5.91 Å². The van der Waals surface area contributed by atoms with Crippen molar-refractivity contribution in [2.45, 2.75) is 38.6 Å². The molecule has 21 heavy (non-hydrogen) atoms. The number of carbonyl (C=O) groups excluding carboxylic acids is 1. The highest BCUT2D eigenvalue weighted by molar-refractivity contribution is 5.79. The number of benzene rings is 1. The molecule has 2 atom stereocenters. The Labute approximate surface area is 127 Å². The van der Waals surface area contributed by atoms with Crippen molar-refractivity contribution in [3.05, 3.63) is 29.8 Å². The highest BCUT2D eigenvalue weighted by atomic mass is 16.5. The number of carbonyl (C=O) groups is 1. The molecule has 1 aromatic rings. The fraction of sp³-hybridized carbons (Fsp3) is 0.588. The molecule has 0 radical (unpaired) electrons. The first kappa shape index (κ1) is 15.8. The van der Waals surface area contributed by atoms with Crippen LogP contribution in [0.5, 0.6) is 5.75 Å². The quantitative estimate of drug-likeness (QED) is 0.904. The first-order valence-electron chi connectivity index (χ1n) is 7.80. The Morgan fingerprint density at radius 2 is 2.10 bits per heavy atom. The number of rotatable bonds is 5. The molecule has 1 aromatic carbocycles. The highest BCUT2D eigenvalue weighted by Gasteiger charge is 2.29. The van der Waals surface area contributed by atoms with Crippen LogP contribution in [0.4, 0.5) is 0 Å². The van der Waals surface area contributed by atoms with Gasteiger partial charge in [0.05, 0.1) is 13.5 Å². The largest absolute Gasteiger partial charge is 0.497 e. The van der Waals surface area contributed by atoms with Gasteiger partial charge in [0.1, 0.15) is 5.75 Å². The van der Waals surface area contributed by atoms with E-state index in [1.807, 2.05) is 29.2 Å². The van der Waals surface area contributed by atoms with E-state index in [0.717, 1.165) is 30.7 Å². The van der Waals surface area contributed by atoms with Gasteiger partial charge in [-0.2, -0.15) is 0 Å². The summed E-state index contributed by atoms with van der Waals surface area (Å²) >= 11 is 0. The van der Waals surface area contributed by atoms with Crippen LogP contribution in [-0.4, -0.2) is 37.0 Å². The molecule has 0 spiro atoms. The monoisotopic (exact) mass is 290 g/mol. The second-order valence-corrected chi connectivity index (χ2v) is 5.80. The van der Waals surface area contributed by atoms with Crippen LogP contribution in [-0.2, 0) is 11.2 Å². The van der Waals surface area contributed by atoms with E-state index >= 15 is 0 Å². The minimum atomic E-state index is 0.185. The molecule has 0 aromatic heterocycles. The van der Waals surface area contributed by atoms with Crippen molar-refractivity contribution in [1.82, 2.24) is 4.90 Å². The summed E-state index contributed by atoms with van der Waals surface area (Å²) in [6.45, 7) is 3.62. The minimum absolute atomic E-state index is 0.185. The number of hydrogen-bond acceptors (Lipinski definition) is 3. The van der Waals surface area contributed by atoms with Crippen molar-refractivity contribution in [3.63, 3.8) is 0 Å². The third kappa shape index (κ3) is 3.97. The van der Waals surface area contributed by atoms with Crippen LogP contribution in [0.3, 0.4) is 0 Å². The summed E-state index contributed by atoms with van der Waals surface area (Å²) in [5.74, 6) is 1.71. The van der Waals surface area contributed by atoms with E-state index in [0.29, 0.717) is 18.9 Å². The molecule has 1 saturated heterocycles. The van der Waals surface area contributed by atoms with Gasteiger partial charge in [-0.15, -0.1) is 0 Å². The summed E-state index contributed by atoms with van der Waals surface area (Å²) < 4.78 is 5.14. The molecular weight excluding hydrogens is 264 g/mol. The zero-order valence-electron chi connectivity index (χ0n) is 13.0. The van der Waals surface area contributed by atoms with Crippen molar-refractivity contribution < 1.29 is 9.53 Å². The van der Waals surface area contributed by atoms with E-state index in [1.54, 1.807) is 7.11 Å². The predicted octanol–water partition coefficient (Wildman–Crippen LogP) is 2.21. The molecule has 1 amide bonds. The number of nitrogens with zero attached hydrogens (tertiary/aromatic N) is 1. The Morgan fingerprint density at radius 3 is 2.67 bits per heavy atom. The van der Waals surface area contributed by atoms with E-state index in [1.165, 1.54) is 6.42 Å². The molecule has 0 saturated carbocycles. The van der Waals surface area contributed by atoms with Crippen molar-refractivity contribution in [1.29, 1.82) is 0 Å². The van der Waals surface area contributed by atoms with Gasteiger partial charge in [-0.05, 0) is 36.5 Å². The topological polar surface area (TPSA) is 55.6 Å². The zero-order valence-corrected chi connectivity index (χ0v) is 13.0. The first-order valence-corrected chi connectivity index (χ1v) is 7.80. The molecule has 1 heterocycles. The van der Waals surface area contributed by atoms with Gasteiger partial charge in [-0.1, -0.05) is 25.5 Å². The molecule has 0 aliphatic carbocycles. The second-order valence-electron chi connectivity index (χ2n) is 5.80. The molecule has 2 rings (SSSR count). The number of nitrogens with two attached hydrogens (primary N) is 1. The summed E-state index contributed by atoms with van der Waals surface area (Å²) in [6, 6.07) is 7.90. The maximum Gasteiger partial charge on any atom is 0.227 e. The summed E-state index contributed by atoms with van der Waals surface area (Å²) in [7, 11) is 1.64. The average Bonchev–Trinajstić information content (AvgIpc) is 2.54. The number of hydrogen-bond donors (Lipinski definition) is 1. The summed E-state index contributed by atoms with van der Waals surface area (Å²) in [4.78, 5) is 14.5. The number of amides is 1. The van der Waals surface area contributed by atoms with E-state index in [2.05, 4.69) is 6.92 Å². The predicted molar refractivity (Wildman–Crippen MR) is 84.3 cm³/mol. The van der Waals surface area contributed by atoms with Gasteiger partial charge in [0.15, 0.2) is 0 Å². The first-order chi connectivity index (χ1) is 10.2. The number of ether oxygens (including phenoxy) is 1. The lowest BCUT2D eigenvalue weighted by molar-refractivity contribution is -0.134. The average molecular weight is 290 g/mol. The molecule has 116 valence electrons. The smallest absolute Gasteiger partial charge is 0.227 e. The minimum Gasteiger partial charge on any atom is -0.497 e. The molecule has 4 nitrogen and oxygen atoms in total. The van der Waals surface area contributed by atoms with Gasteiger partial charge in [-0.25, -0.2) is 0 Å². The molecule has 2 N–H and O–H groups in total. The van der Waals surface area contributed by atoms with Gasteiger partial charge in [0.25, 0.3) is 0 Å². The van der Waals surface area contributed by atoms with Gasteiger partial charge < -0.3 is 15.4 Å². The molecule has 1 aliphatic rings. The Morgan fingerprint density at radius 1 is 1.38 bits per heavy atom. The van der Waals surface area contributed by atoms with Crippen LogP contribution >= 0.6 is 0 Å². The lowest BCUT2D eigenvalue weighted by atomic mass is 9.88. The zero-order chi connectivity index (χ0) is 15.2. The second kappa shape index (κ2) is 7.46. The molecule has 1 fully saturated rings. The Balaban J connectivity index is 1.98. The van der Waals surface area contributed by atoms with Gasteiger partial charge in [0.2, 0.25) is 5.91 Å². The fourth-order valence-electron chi connectivity index (χ4n) is 3.08. The number of piperidine rings is 1. The summed E-state index contributed by atoms with van der Waals surface area (Å²) in [5, 5.41) is 0. The van der Waals surface area contributed by atoms with Gasteiger partial charge >= 0.3 is 0 Å². The molecule has 1 aliphatic heterocycles. The Kier molecular flexibility index (Phi) is 5.62. The van der Waals surface area contributed by atoms with Crippen LogP contribution < -0.4 is 10.5 Å². The Bertz CT molecular complexity index is 458.